The fourth-order valence-electron chi connectivity index (χ4n) is 4.19. The van der Waals surface area contributed by atoms with Crippen molar-refractivity contribution >= 4 is 40.6 Å². The van der Waals surface area contributed by atoms with Gasteiger partial charge in [0.1, 0.15) is 18.1 Å². The number of aliphatic carboxylic acids is 2. The van der Waals surface area contributed by atoms with E-state index in [1.807, 2.05) is 38.1 Å². The van der Waals surface area contributed by atoms with E-state index in [2.05, 4.69) is 20.9 Å². The molecule has 0 bridgehead atoms. The molecule has 0 saturated heterocycles. The topological polar surface area (TPSA) is 230 Å². The summed E-state index contributed by atoms with van der Waals surface area (Å²) in [5, 5.41) is 26.8. The van der Waals surface area contributed by atoms with Crippen LogP contribution in [0.25, 0.3) is 10.9 Å². The molecule has 3 amide bonds. The molecule has 2 rings (SSSR count). The van der Waals surface area contributed by atoms with E-state index in [1.165, 1.54) is 0 Å². The van der Waals surface area contributed by atoms with Gasteiger partial charge in [-0.15, -0.1) is 0 Å². The molecule has 0 fully saturated rings. The molecule has 0 aliphatic heterocycles. The number of H-pyrrole nitrogens is 1. The van der Waals surface area contributed by atoms with Crippen LogP contribution in [0.3, 0.4) is 0 Å². The van der Waals surface area contributed by atoms with Crippen LogP contribution in [-0.4, -0.2) is 75.6 Å². The number of para-hydroxylation sites is 1. The Hall–Kier alpha value is -3.97. The lowest BCUT2D eigenvalue weighted by atomic mass is 9.98. The van der Waals surface area contributed by atoms with Gasteiger partial charge >= 0.3 is 11.9 Å². The molecule has 0 saturated carbocycles. The number of hydrogen-bond acceptors (Lipinski definition) is 7. The van der Waals surface area contributed by atoms with Crippen molar-refractivity contribution in [3.8, 4) is 0 Å². The Morgan fingerprint density at radius 2 is 1.55 bits per heavy atom. The van der Waals surface area contributed by atoms with Crippen LogP contribution in [0.5, 0.6) is 0 Å². The molecule has 220 valence electrons. The summed E-state index contributed by atoms with van der Waals surface area (Å²) in [5.41, 5.74) is 13.1. The zero-order chi connectivity index (χ0) is 29.8. The Bertz CT molecular complexity index is 1180. The second-order valence-electron chi connectivity index (χ2n) is 9.88. The van der Waals surface area contributed by atoms with Gasteiger partial charge in [-0.3, -0.25) is 19.2 Å². The molecule has 10 N–H and O–H groups in total. The van der Waals surface area contributed by atoms with E-state index in [4.69, 9.17) is 16.6 Å². The first kappa shape index (κ1) is 32.2. The van der Waals surface area contributed by atoms with Gasteiger partial charge in [-0.05, 0) is 43.4 Å². The maximum Gasteiger partial charge on any atom is 0.326 e. The number of amides is 3. The zero-order valence-corrected chi connectivity index (χ0v) is 22.8. The van der Waals surface area contributed by atoms with Crippen LogP contribution in [0.4, 0.5) is 0 Å². The maximum absolute atomic E-state index is 13.4. The van der Waals surface area contributed by atoms with E-state index in [-0.39, 0.29) is 18.8 Å². The van der Waals surface area contributed by atoms with Crippen LogP contribution in [0.2, 0.25) is 0 Å². The van der Waals surface area contributed by atoms with E-state index in [0.717, 1.165) is 10.9 Å². The van der Waals surface area contributed by atoms with Crippen LogP contribution >= 0.6 is 0 Å². The number of hydrogen-bond donors (Lipinski definition) is 8. The molecule has 1 aromatic carbocycles. The molecule has 13 nitrogen and oxygen atoms in total. The van der Waals surface area contributed by atoms with Crippen molar-refractivity contribution in [2.45, 2.75) is 76.5 Å². The Morgan fingerprint density at radius 1 is 0.925 bits per heavy atom. The van der Waals surface area contributed by atoms with Gasteiger partial charge in [0, 0.05) is 23.5 Å². The van der Waals surface area contributed by atoms with Crippen molar-refractivity contribution in [1.82, 2.24) is 20.9 Å². The highest BCUT2D eigenvalue weighted by Crippen LogP contribution is 2.19. The van der Waals surface area contributed by atoms with Gasteiger partial charge in [0.05, 0.1) is 12.5 Å². The quantitative estimate of drug-likeness (QED) is 0.124. The number of fused-ring (bicyclic) bond motifs is 1. The number of nitrogens with two attached hydrogens (primary N) is 2. The number of carbonyl (C=O) groups excluding carboxylic acids is 3. The van der Waals surface area contributed by atoms with Gasteiger partial charge in [0.25, 0.3) is 0 Å². The number of benzene rings is 1. The van der Waals surface area contributed by atoms with E-state index in [1.54, 1.807) is 6.20 Å². The van der Waals surface area contributed by atoms with Crippen LogP contribution in [0.15, 0.2) is 30.5 Å². The molecule has 5 atom stereocenters. The number of unbranched alkanes of at least 4 members (excludes halogenated alkanes) is 1. The van der Waals surface area contributed by atoms with Crippen molar-refractivity contribution in [2.24, 2.45) is 17.4 Å². The smallest absolute Gasteiger partial charge is 0.326 e. The molecular formula is C27H40N6O7. The summed E-state index contributed by atoms with van der Waals surface area (Å²) in [5.74, 6) is -5.12. The lowest BCUT2D eigenvalue weighted by Gasteiger charge is -2.26. The summed E-state index contributed by atoms with van der Waals surface area (Å²) in [7, 11) is 0. The van der Waals surface area contributed by atoms with Crippen LogP contribution < -0.4 is 27.4 Å². The number of carboxylic acids is 2. The summed E-state index contributed by atoms with van der Waals surface area (Å²) >= 11 is 0. The first-order chi connectivity index (χ1) is 19.0. The van der Waals surface area contributed by atoms with Gasteiger partial charge < -0.3 is 42.6 Å². The summed E-state index contributed by atoms with van der Waals surface area (Å²) < 4.78 is 0. The minimum Gasteiger partial charge on any atom is -0.481 e. The molecule has 5 unspecified atom stereocenters. The second-order valence-corrected chi connectivity index (χ2v) is 9.88. The Balaban J connectivity index is 2.33. The van der Waals surface area contributed by atoms with Crippen molar-refractivity contribution in [1.29, 1.82) is 0 Å². The van der Waals surface area contributed by atoms with Gasteiger partial charge in [-0.25, -0.2) is 4.79 Å². The fourth-order valence-corrected chi connectivity index (χ4v) is 4.19. The van der Waals surface area contributed by atoms with E-state index in [0.29, 0.717) is 31.4 Å². The van der Waals surface area contributed by atoms with Gasteiger partial charge in [0.15, 0.2) is 0 Å². The normalized spacial score (nSPS) is 14.9. The first-order valence-corrected chi connectivity index (χ1v) is 13.3. The molecule has 40 heavy (non-hydrogen) atoms. The average Bonchev–Trinajstić information content (AvgIpc) is 3.33. The highest BCUT2D eigenvalue weighted by molar-refractivity contribution is 5.95. The molecule has 13 heteroatoms. The van der Waals surface area contributed by atoms with Gasteiger partial charge in [-0.2, -0.15) is 0 Å². The number of rotatable bonds is 17. The highest BCUT2D eigenvalue weighted by atomic mass is 16.4. The number of carbonyl (C=O) groups is 5. The van der Waals surface area contributed by atoms with E-state index < -0.39 is 60.2 Å². The average molecular weight is 561 g/mol. The monoisotopic (exact) mass is 560 g/mol. The van der Waals surface area contributed by atoms with Gasteiger partial charge in [-0.1, -0.05) is 38.5 Å². The second kappa shape index (κ2) is 15.6. The molecule has 2 aromatic rings. The summed E-state index contributed by atoms with van der Waals surface area (Å²) in [6, 6.07) is 2.45. The molecule has 0 aliphatic rings. The minimum absolute atomic E-state index is 0.0309. The highest BCUT2D eigenvalue weighted by Gasteiger charge is 2.32. The minimum atomic E-state index is -1.71. The Labute approximate surface area is 232 Å². The summed E-state index contributed by atoms with van der Waals surface area (Å²) in [6.45, 7) is 4.11. The third-order valence-electron chi connectivity index (χ3n) is 6.86. The third-order valence-corrected chi connectivity index (χ3v) is 6.86. The number of aromatic nitrogens is 1. The number of nitrogens with one attached hydrogen (secondary N) is 4. The SMILES string of the molecule is CCC(C)C(N)C(=O)NC(CCCCN)C(=O)NC(Cc1c[nH]c2ccccc12)C(=O)NC(CC(=O)O)C(=O)O. The van der Waals surface area contributed by atoms with Crippen LogP contribution in [0.1, 0.15) is 51.5 Å². The molecule has 0 radical (unpaired) electrons. The van der Waals surface area contributed by atoms with Crippen LogP contribution in [0, 0.1) is 5.92 Å². The largest absolute Gasteiger partial charge is 0.481 e. The molecule has 1 aromatic heterocycles. The Morgan fingerprint density at radius 3 is 2.17 bits per heavy atom. The van der Waals surface area contributed by atoms with Crippen LogP contribution in [-0.2, 0) is 30.4 Å². The standard InChI is InChI=1S/C27H40N6O7/c1-3-15(2)23(29)26(38)31-19(10-6-7-11-28)24(36)32-20(25(37)33-21(27(39)40)13-22(34)35)12-16-14-30-18-9-5-4-8-17(16)18/h4-5,8-9,14-15,19-21,23,30H,3,6-7,10-13,28-29H2,1-2H3,(H,31,38)(H,32,36)(H,33,37)(H,34,35)(H,39,40). The van der Waals surface area contributed by atoms with E-state index >= 15 is 0 Å². The predicted octanol–water partition coefficient (Wildman–Crippen LogP) is 0.227. The molecule has 1 heterocycles. The summed E-state index contributed by atoms with van der Waals surface area (Å²) in [6.07, 6.45) is 2.82. The fraction of sp³-hybridized carbons (Fsp3) is 0.519. The Kier molecular flexibility index (Phi) is 12.6. The first-order valence-electron chi connectivity index (χ1n) is 13.3. The van der Waals surface area contributed by atoms with Crippen molar-refractivity contribution in [2.75, 3.05) is 6.54 Å². The molecule has 0 aliphatic carbocycles. The number of carboxylic acid groups (broad SMARTS) is 2. The molecule has 0 spiro atoms. The van der Waals surface area contributed by atoms with Gasteiger partial charge in [0.2, 0.25) is 17.7 Å². The lowest BCUT2D eigenvalue weighted by Crippen LogP contribution is -2.58. The lowest BCUT2D eigenvalue weighted by molar-refractivity contribution is -0.147. The van der Waals surface area contributed by atoms with Crippen molar-refractivity contribution in [3.63, 3.8) is 0 Å². The van der Waals surface area contributed by atoms with Crippen molar-refractivity contribution in [3.05, 3.63) is 36.0 Å². The third kappa shape index (κ3) is 9.35. The summed E-state index contributed by atoms with van der Waals surface area (Å²) in [4.78, 5) is 65.3. The van der Waals surface area contributed by atoms with E-state index in [9.17, 15) is 29.1 Å². The zero-order valence-electron chi connectivity index (χ0n) is 22.8. The maximum atomic E-state index is 13.4. The number of aromatic amines is 1. The predicted molar refractivity (Wildman–Crippen MR) is 148 cm³/mol. The molecular weight excluding hydrogens is 520 g/mol. The van der Waals surface area contributed by atoms with Crippen molar-refractivity contribution < 1.29 is 34.2 Å².